The van der Waals surface area contributed by atoms with Crippen molar-refractivity contribution in [3.63, 3.8) is 0 Å². The lowest BCUT2D eigenvalue weighted by molar-refractivity contribution is -0.385. The number of carbonyl (C=O) groups is 1. The molecule has 7 nitrogen and oxygen atoms in total. The molecular weight excluding hydrogens is 274 g/mol. The highest BCUT2D eigenvalue weighted by atomic mass is 16.6. The maximum atomic E-state index is 12.1. The fourth-order valence-electron chi connectivity index (χ4n) is 1.78. The van der Waals surface area contributed by atoms with Crippen molar-refractivity contribution in [1.82, 2.24) is 5.32 Å². The second-order valence-electron chi connectivity index (χ2n) is 5.62. The van der Waals surface area contributed by atoms with Gasteiger partial charge in [-0.15, -0.1) is 0 Å². The Balaban J connectivity index is 2.80. The van der Waals surface area contributed by atoms with E-state index in [4.69, 9.17) is 10.5 Å². The lowest BCUT2D eigenvalue weighted by atomic mass is 9.89. The Morgan fingerprint density at radius 1 is 1.48 bits per heavy atom. The van der Waals surface area contributed by atoms with Crippen molar-refractivity contribution in [3.05, 3.63) is 33.9 Å². The van der Waals surface area contributed by atoms with Gasteiger partial charge in [-0.3, -0.25) is 14.9 Å². The molecule has 0 aromatic heterocycles. The van der Waals surface area contributed by atoms with Crippen LogP contribution in [0.25, 0.3) is 0 Å². The maximum absolute atomic E-state index is 12.1. The summed E-state index contributed by atoms with van der Waals surface area (Å²) in [6.07, 6.45) is 0.767. The molecule has 116 valence electrons. The van der Waals surface area contributed by atoms with E-state index < -0.39 is 10.8 Å². The Labute approximate surface area is 123 Å². The monoisotopic (exact) mass is 295 g/mol. The fraction of sp³-hybridized carbons (Fsp3) is 0.500. The summed E-state index contributed by atoms with van der Waals surface area (Å²) >= 11 is 0. The number of hydrogen-bond donors (Lipinski definition) is 2. The predicted molar refractivity (Wildman–Crippen MR) is 80.1 cm³/mol. The standard InChI is InChI=1S/C14H21N3O4/c1-14(2,6-7-21-3)9-16-13(18)11-8-10(15)4-5-12(11)17(19)20/h4-5,8H,6-7,9,15H2,1-3H3,(H,16,18). The molecule has 21 heavy (non-hydrogen) atoms. The molecule has 1 rings (SSSR count). The molecule has 0 saturated carbocycles. The van der Waals surface area contributed by atoms with E-state index in [1.807, 2.05) is 13.8 Å². The molecule has 0 heterocycles. The van der Waals surface area contributed by atoms with Gasteiger partial charge in [0.05, 0.1) is 4.92 Å². The summed E-state index contributed by atoms with van der Waals surface area (Å²) < 4.78 is 5.02. The first-order chi connectivity index (χ1) is 9.76. The highest BCUT2D eigenvalue weighted by molar-refractivity contribution is 5.99. The number of carbonyl (C=O) groups excluding carboxylic acids is 1. The molecule has 0 bridgehead atoms. The molecule has 1 amide bonds. The van der Waals surface area contributed by atoms with Gasteiger partial charge in [0.2, 0.25) is 0 Å². The minimum Gasteiger partial charge on any atom is -0.399 e. The second kappa shape index (κ2) is 7.03. The normalized spacial score (nSPS) is 11.2. The smallest absolute Gasteiger partial charge is 0.282 e. The number of rotatable bonds is 7. The Morgan fingerprint density at radius 2 is 2.14 bits per heavy atom. The van der Waals surface area contributed by atoms with Crippen LogP contribution < -0.4 is 11.1 Å². The van der Waals surface area contributed by atoms with Gasteiger partial charge >= 0.3 is 0 Å². The van der Waals surface area contributed by atoms with E-state index in [9.17, 15) is 14.9 Å². The number of ether oxygens (including phenoxy) is 1. The van der Waals surface area contributed by atoms with Gasteiger partial charge in [0.25, 0.3) is 11.6 Å². The molecule has 0 fully saturated rings. The molecular formula is C14H21N3O4. The van der Waals surface area contributed by atoms with Crippen LogP contribution in [0.4, 0.5) is 11.4 Å². The number of nitro groups is 1. The highest BCUT2D eigenvalue weighted by Gasteiger charge is 2.23. The lowest BCUT2D eigenvalue weighted by Crippen LogP contribution is -2.35. The molecule has 0 aliphatic heterocycles. The Bertz CT molecular complexity index is 529. The first kappa shape index (κ1) is 16.9. The minimum absolute atomic E-state index is 0.0254. The van der Waals surface area contributed by atoms with Crippen LogP contribution in [-0.2, 0) is 4.74 Å². The quantitative estimate of drug-likeness (QED) is 0.454. The zero-order valence-electron chi connectivity index (χ0n) is 12.5. The van der Waals surface area contributed by atoms with E-state index in [-0.39, 0.29) is 16.7 Å². The number of amides is 1. The van der Waals surface area contributed by atoms with E-state index >= 15 is 0 Å². The van der Waals surface area contributed by atoms with Crippen LogP contribution in [0.5, 0.6) is 0 Å². The fourth-order valence-corrected chi connectivity index (χ4v) is 1.78. The number of benzene rings is 1. The summed E-state index contributed by atoms with van der Waals surface area (Å²) in [5.74, 6) is -0.500. The second-order valence-corrected chi connectivity index (χ2v) is 5.62. The number of nitrogens with zero attached hydrogens (tertiary/aromatic N) is 1. The highest BCUT2D eigenvalue weighted by Crippen LogP contribution is 2.22. The van der Waals surface area contributed by atoms with Crippen molar-refractivity contribution < 1.29 is 14.5 Å². The van der Waals surface area contributed by atoms with Crippen LogP contribution in [0.2, 0.25) is 0 Å². The first-order valence-corrected chi connectivity index (χ1v) is 6.58. The average Bonchev–Trinajstić information content (AvgIpc) is 2.42. The largest absolute Gasteiger partial charge is 0.399 e. The van der Waals surface area contributed by atoms with E-state index in [2.05, 4.69) is 5.32 Å². The Hall–Kier alpha value is -2.15. The lowest BCUT2D eigenvalue weighted by Gasteiger charge is -2.24. The summed E-state index contributed by atoms with van der Waals surface area (Å²) in [7, 11) is 1.62. The van der Waals surface area contributed by atoms with Crippen LogP contribution in [0.3, 0.4) is 0 Å². The molecule has 0 atom stereocenters. The van der Waals surface area contributed by atoms with Crippen LogP contribution in [-0.4, -0.2) is 31.1 Å². The van der Waals surface area contributed by atoms with Gasteiger partial charge in [-0.05, 0) is 24.0 Å². The first-order valence-electron chi connectivity index (χ1n) is 6.58. The Kier molecular flexibility index (Phi) is 5.66. The predicted octanol–water partition coefficient (Wildman–Crippen LogP) is 1.97. The average molecular weight is 295 g/mol. The molecule has 0 spiro atoms. The van der Waals surface area contributed by atoms with Crippen molar-refractivity contribution >= 4 is 17.3 Å². The number of methoxy groups -OCH3 is 1. The number of nitrogens with one attached hydrogen (secondary N) is 1. The summed E-state index contributed by atoms with van der Waals surface area (Å²) in [5, 5.41) is 13.7. The topological polar surface area (TPSA) is 107 Å². The van der Waals surface area contributed by atoms with Crippen molar-refractivity contribution in [2.75, 3.05) is 26.0 Å². The third-order valence-corrected chi connectivity index (χ3v) is 3.17. The summed E-state index contributed by atoms with van der Waals surface area (Å²) in [4.78, 5) is 22.5. The molecule has 0 radical (unpaired) electrons. The van der Waals surface area contributed by atoms with E-state index in [0.717, 1.165) is 6.42 Å². The molecule has 0 saturated heterocycles. The van der Waals surface area contributed by atoms with Crippen molar-refractivity contribution in [1.29, 1.82) is 0 Å². The van der Waals surface area contributed by atoms with E-state index in [1.165, 1.54) is 18.2 Å². The maximum Gasteiger partial charge on any atom is 0.282 e. The molecule has 0 unspecified atom stereocenters. The Morgan fingerprint density at radius 3 is 2.71 bits per heavy atom. The number of nitro benzene ring substituents is 1. The summed E-state index contributed by atoms with van der Waals surface area (Å²) in [6, 6.07) is 3.95. The SMILES string of the molecule is COCCC(C)(C)CNC(=O)c1cc(N)ccc1[N+](=O)[O-]. The van der Waals surface area contributed by atoms with Gasteiger partial charge in [-0.1, -0.05) is 13.8 Å². The number of anilines is 1. The van der Waals surface area contributed by atoms with Gasteiger partial charge in [0.1, 0.15) is 5.56 Å². The molecule has 1 aromatic carbocycles. The van der Waals surface area contributed by atoms with Crippen LogP contribution in [0.1, 0.15) is 30.6 Å². The van der Waals surface area contributed by atoms with Crippen LogP contribution >= 0.6 is 0 Å². The molecule has 0 aliphatic rings. The zero-order valence-corrected chi connectivity index (χ0v) is 12.5. The number of hydrogen-bond acceptors (Lipinski definition) is 5. The van der Waals surface area contributed by atoms with Crippen LogP contribution in [0, 0.1) is 15.5 Å². The van der Waals surface area contributed by atoms with E-state index in [1.54, 1.807) is 7.11 Å². The van der Waals surface area contributed by atoms with E-state index in [0.29, 0.717) is 18.8 Å². The molecule has 0 aliphatic carbocycles. The van der Waals surface area contributed by atoms with Crippen LogP contribution in [0.15, 0.2) is 18.2 Å². The zero-order chi connectivity index (χ0) is 16.0. The van der Waals surface area contributed by atoms with Crippen molar-refractivity contribution in [3.8, 4) is 0 Å². The molecule has 1 aromatic rings. The molecule has 7 heteroatoms. The van der Waals surface area contributed by atoms with Crippen molar-refractivity contribution in [2.45, 2.75) is 20.3 Å². The summed E-state index contributed by atoms with van der Waals surface area (Å²) in [5.41, 5.74) is 5.46. The number of nitrogen functional groups attached to an aromatic ring is 1. The summed E-state index contributed by atoms with van der Waals surface area (Å²) in [6.45, 7) is 4.95. The van der Waals surface area contributed by atoms with Gasteiger partial charge in [-0.25, -0.2) is 0 Å². The number of nitrogens with two attached hydrogens (primary N) is 1. The molecule has 3 N–H and O–H groups in total. The van der Waals surface area contributed by atoms with Gasteiger partial charge in [-0.2, -0.15) is 0 Å². The van der Waals surface area contributed by atoms with Crippen molar-refractivity contribution in [2.24, 2.45) is 5.41 Å². The third-order valence-electron chi connectivity index (χ3n) is 3.17. The van der Waals surface area contributed by atoms with Gasteiger partial charge in [0.15, 0.2) is 0 Å². The van der Waals surface area contributed by atoms with Gasteiger partial charge in [0, 0.05) is 32.0 Å². The minimum atomic E-state index is -0.593. The third kappa shape index (κ3) is 5.03. The van der Waals surface area contributed by atoms with Gasteiger partial charge < -0.3 is 15.8 Å².